The van der Waals surface area contributed by atoms with Crippen molar-refractivity contribution in [3.05, 3.63) is 23.1 Å². The molecule has 1 aromatic heterocycles. The molecule has 0 saturated carbocycles. The van der Waals surface area contributed by atoms with Crippen molar-refractivity contribution in [1.82, 2.24) is 4.98 Å². The highest BCUT2D eigenvalue weighted by Crippen LogP contribution is 2.35. The highest BCUT2D eigenvalue weighted by molar-refractivity contribution is 6.17. The summed E-state index contributed by atoms with van der Waals surface area (Å²) < 4.78 is 88.6. The van der Waals surface area contributed by atoms with Crippen molar-refractivity contribution in [2.75, 3.05) is 0 Å². The van der Waals surface area contributed by atoms with Crippen molar-refractivity contribution in [2.24, 2.45) is 0 Å². The third-order valence-electron chi connectivity index (χ3n) is 1.68. The molecule has 2 nitrogen and oxygen atoms in total. The Labute approximate surface area is 100 Å². The van der Waals surface area contributed by atoms with Gasteiger partial charge >= 0.3 is 12.5 Å². The van der Waals surface area contributed by atoms with Crippen LogP contribution in [0.5, 0.6) is 5.88 Å². The van der Waals surface area contributed by atoms with Gasteiger partial charge in [-0.2, -0.15) is 22.5 Å². The summed E-state index contributed by atoms with van der Waals surface area (Å²) in [6.45, 7) is 0. The van der Waals surface area contributed by atoms with E-state index in [0.717, 1.165) is 0 Å². The fourth-order valence-corrected chi connectivity index (χ4v) is 1.20. The molecule has 0 atom stereocenters. The average Bonchev–Trinajstić information content (AvgIpc) is 2.13. The molecular weight excluding hydrogens is 295 g/mol. The lowest BCUT2D eigenvalue weighted by Crippen LogP contribution is -2.20. The lowest BCUT2D eigenvalue weighted by Gasteiger charge is -2.14. The normalized spacial score (nSPS) is 12.7. The molecule has 0 N–H and O–H groups in total. The number of rotatable bonds is 2. The van der Waals surface area contributed by atoms with Gasteiger partial charge in [0.05, 0.1) is 5.88 Å². The van der Waals surface area contributed by atoms with Crippen LogP contribution in [0, 0.1) is 5.95 Å². The van der Waals surface area contributed by atoms with Crippen molar-refractivity contribution in [1.29, 1.82) is 0 Å². The molecule has 0 aliphatic carbocycles. The molecule has 102 valence electrons. The zero-order valence-electron chi connectivity index (χ0n) is 8.16. The Kier molecular flexibility index (Phi) is 3.94. The first-order valence-electron chi connectivity index (χ1n) is 4.13. The maximum atomic E-state index is 12.9. The molecular formula is C8H3ClF7NO. The predicted octanol–water partition coefficient (Wildman–Crippen LogP) is 3.88. The van der Waals surface area contributed by atoms with Crippen LogP contribution in [0.3, 0.4) is 0 Å². The van der Waals surface area contributed by atoms with Crippen LogP contribution in [-0.2, 0) is 12.1 Å². The number of hydrogen-bond acceptors (Lipinski definition) is 2. The minimum atomic E-state index is -5.21. The second-order valence-corrected chi connectivity index (χ2v) is 3.24. The number of aromatic nitrogens is 1. The third kappa shape index (κ3) is 3.62. The van der Waals surface area contributed by atoms with E-state index >= 15 is 0 Å². The van der Waals surface area contributed by atoms with Crippen LogP contribution >= 0.6 is 11.6 Å². The summed E-state index contributed by atoms with van der Waals surface area (Å²) in [5, 5.41) is 0. The summed E-state index contributed by atoms with van der Waals surface area (Å²) in [4.78, 5) is 2.48. The molecule has 0 bridgehead atoms. The maximum absolute atomic E-state index is 12.9. The Bertz CT molecular complexity index is 442. The van der Waals surface area contributed by atoms with Gasteiger partial charge in [-0.1, -0.05) is 0 Å². The van der Waals surface area contributed by atoms with Crippen molar-refractivity contribution < 1.29 is 35.5 Å². The summed E-state index contributed by atoms with van der Waals surface area (Å²) in [6, 6.07) is 0.121. The SMILES string of the molecule is Fc1nc(OC(F)(F)F)c(CCl)cc1C(F)(F)F. The second kappa shape index (κ2) is 4.79. The molecule has 0 unspecified atom stereocenters. The number of nitrogens with zero attached hydrogens (tertiary/aromatic N) is 1. The molecule has 10 heteroatoms. The van der Waals surface area contributed by atoms with Gasteiger partial charge in [-0.05, 0) is 6.07 Å². The molecule has 0 amide bonds. The van der Waals surface area contributed by atoms with E-state index in [-0.39, 0.29) is 6.07 Å². The lowest BCUT2D eigenvalue weighted by molar-refractivity contribution is -0.276. The van der Waals surface area contributed by atoms with Gasteiger partial charge in [0.15, 0.2) is 0 Å². The van der Waals surface area contributed by atoms with Crippen molar-refractivity contribution >= 4 is 11.6 Å². The summed E-state index contributed by atoms with van der Waals surface area (Å²) in [7, 11) is 0. The van der Waals surface area contributed by atoms with Crippen LogP contribution in [-0.4, -0.2) is 11.3 Å². The van der Waals surface area contributed by atoms with Gasteiger partial charge in [-0.15, -0.1) is 24.8 Å². The van der Waals surface area contributed by atoms with Gasteiger partial charge in [0.25, 0.3) is 0 Å². The van der Waals surface area contributed by atoms with Crippen LogP contribution in [0.2, 0.25) is 0 Å². The standard InChI is InChI=1S/C8H3ClF7NO/c9-2-3-1-4(7(11,12)13)5(10)17-6(3)18-8(14,15)16/h1H,2H2. The zero-order chi connectivity index (χ0) is 14.1. The molecule has 0 spiro atoms. The first kappa shape index (κ1) is 14.8. The van der Waals surface area contributed by atoms with E-state index in [1.54, 1.807) is 0 Å². The van der Waals surface area contributed by atoms with Crippen LogP contribution in [0.1, 0.15) is 11.1 Å². The monoisotopic (exact) mass is 297 g/mol. The van der Waals surface area contributed by atoms with Gasteiger partial charge in [-0.3, -0.25) is 0 Å². The Hall–Kier alpha value is -1.25. The quantitative estimate of drug-likeness (QED) is 0.469. The smallest absolute Gasteiger partial charge is 0.387 e. The van der Waals surface area contributed by atoms with E-state index in [9.17, 15) is 30.7 Å². The van der Waals surface area contributed by atoms with Crippen LogP contribution in [0.15, 0.2) is 6.07 Å². The first-order valence-corrected chi connectivity index (χ1v) is 4.66. The van der Waals surface area contributed by atoms with Gasteiger partial charge in [-0.25, -0.2) is 0 Å². The van der Waals surface area contributed by atoms with E-state index in [1.807, 2.05) is 0 Å². The fraction of sp³-hybridized carbons (Fsp3) is 0.375. The van der Waals surface area contributed by atoms with Crippen molar-refractivity contribution in [2.45, 2.75) is 18.4 Å². The summed E-state index contributed by atoms with van der Waals surface area (Å²) in [5.74, 6) is -4.21. The molecule has 1 rings (SSSR count). The van der Waals surface area contributed by atoms with Crippen LogP contribution in [0.4, 0.5) is 30.7 Å². The summed E-state index contributed by atoms with van der Waals surface area (Å²) in [6.07, 6.45) is -10.3. The molecule has 0 aliphatic rings. The highest BCUT2D eigenvalue weighted by atomic mass is 35.5. The van der Waals surface area contributed by atoms with Crippen LogP contribution in [0.25, 0.3) is 0 Å². The Morgan fingerprint density at radius 1 is 1.17 bits per heavy atom. The zero-order valence-corrected chi connectivity index (χ0v) is 8.92. The molecule has 0 radical (unpaired) electrons. The minimum Gasteiger partial charge on any atom is -0.387 e. The first-order chi connectivity index (χ1) is 8.04. The fourth-order valence-electron chi connectivity index (χ4n) is 1.01. The molecule has 1 heterocycles. The van der Waals surface area contributed by atoms with E-state index in [1.165, 1.54) is 0 Å². The van der Waals surface area contributed by atoms with Gasteiger partial charge in [0.2, 0.25) is 11.8 Å². The topological polar surface area (TPSA) is 22.1 Å². The maximum Gasteiger partial charge on any atom is 0.574 e. The molecule has 0 fully saturated rings. The van der Waals surface area contributed by atoms with Gasteiger partial charge in [0.1, 0.15) is 5.56 Å². The lowest BCUT2D eigenvalue weighted by atomic mass is 10.2. The van der Waals surface area contributed by atoms with Crippen LogP contribution < -0.4 is 4.74 Å². The average molecular weight is 298 g/mol. The second-order valence-electron chi connectivity index (χ2n) is 2.97. The number of hydrogen-bond donors (Lipinski definition) is 0. The van der Waals surface area contributed by atoms with Gasteiger partial charge < -0.3 is 4.74 Å². The molecule has 0 aromatic carbocycles. The van der Waals surface area contributed by atoms with Crippen molar-refractivity contribution in [3.8, 4) is 5.88 Å². The predicted molar refractivity (Wildman–Crippen MR) is 45.4 cm³/mol. The Morgan fingerprint density at radius 2 is 1.72 bits per heavy atom. The van der Waals surface area contributed by atoms with Crippen molar-refractivity contribution in [3.63, 3.8) is 0 Å². The van der Waals surface area contributed by atoms with E-state index < -0.39 is 41.4 Å². The number of ether oxygens (including phenoxy) is 1. The summed E-state index contributed by atoms with van der Waals surface area (Å²) in [5.41, 5.74) is -2.53. The highest BCUT2D eigenvalue weighted by Gasteiger charge is 2.38. The number of halogens is 8. The third-order valence-corrected chi connectivity index (χ3v) is 1.96. The number of alkyl halides is 7. The Balaban J connectivity index is 3.28. The van der Waals surface area contributed by atoms with E-state index in [0.29, 0.717) is 0 Å². The van der Waals surface area contributed by atoms with E-state index in [4.69, 9.17) is 11.6 Å². The molecule has 0 saturated heterocycles. The minimum absolute atomic E-state index is 0.121. The van der Waals surface area contributed by atoms with E-state index in [2.05, 4.69) is 9.72 Å². The number of pyridine rings is 1. The molecule has 18 heavy (non-hydrogen) atoms. The van der Waals surface area contributed by atoms with Gasteiger partial charge in [0, 0.05) is 5.56 Å². The summed E-state index contributed by atoms with van der Waals surface area (Å²) >= 11 is 5.16. The molecule has 0 aliphatic heterocycles. The molecule has 1 aromatic rings. The largest absolute Gasteiger partial charge is 0.574 e. The Morgan fingerprint density at radius 3 is 2.11 bits per heavy atom.